The molecule has 0 saturated carbocycles. The molecule has 0 spiro atoms. The first-order valence-electron chi connectivity index (χ1n) is 3.93. The lowest BCUT2D eigenvalue weighted by atomic mass is 10.3. The van der Waals surface area contributed by atoms with Gasteiger partial charge in [-0.15, -0.1) is 11.8 Å². The van der Waals surface area contributed by atoms with Crippen LogP contribution in [0.4, 0.5) is 0 Å². The molecule has 2 heteroatoms. The first-order chi connectivity index (χ1) is 5.47. The average molecular weight is 181 g/mol. The van der Waals surface area contributed by atoms with Gasteiger partial charge in [-0.05, 0) is 18.2 Å². The van der Waals surface area contributed by atoms with Crippen LogP contribution in [0.3, 0.4) is 0 Å². The standard InChI is InChI=1S/C10H13OS/c1-10(2,3)12-9-6-4-5-8(11)7-9/h4-7H,1-3H3. The van der Waals surface area contributed by atoms with E-state index < -0.39 is 0 Å². The van der Waals surface area contributed by atoms with Crippen molar-refractivity contribution >= 4 is 11.8 Å². The third-order valence-electron chi connectivity index (χ3n) is 1.23. The minimum Gasteiger partial charge on any atom is -0.290 e. The summed E-state index contributed by atoms with van der Waals surface area (Å²) in [6.45, 7) is 6.40. The lowest BCUT2D eigenvalue weighted by Gasteiger charge is -2.16. The van der Waals surface area contributed by atoms with Crippen molar-refractivity contribution in [3.63, 3.8) is 0 Å². The predicted molar refractivity (Wildman–Crippen MR) is 52.2 cm³/mol. The summed E-state index contributed by atoms with van der Waals surface area (Å²) < 4.78 is 0.174. The van der Waals surface area contributed by atoms with Gasteiger partial charge in [0.25, 0.3) is 0 Å². The van der Waals surface area contributed by atoms with Gasteiger partial charge in [-0.2, -0.15) is 0 Å². The lowest BCUT2D eigenvalue weighted by Crippen LogP contribution is -2.06. The first-order valence-corrected chi connectivity index (χ1v) is 4.75. The van der Waals surface area contributed by atoms with Crippen molar-refractivity contribution < 1.29 is 5.11 Å². The third kappa shape index (κ3) is 3.18. The maximum Gasteiger partial charge on any atom is 0.179 e. The second-order valence-electron chi connectivity index (χ2n) is 3.69. The minimum atomic E-state index is 0.0873. The maximum absolute atomic E-state index is 11.0. The van der Waals surface area contributed by atoms with Crippen LogP contribution in [-0.2, 0) is 5.11 Å². The Bertz CT molecular complexity index is 263. The van der Waals surface area contributed by atoms with E-state index in [9.17, 15) is 5.11 Å². The monoisotopic (exact) mass is 181 g/mol. The highest BCUT2D eigenvalue weighted by Crippen LogP contribution is 2.33. The first kappa shape index (κ1) is 9.46. The third-order valence-corrected chi connectivity index (χ3v) is 2.33. The van der Waals surface area contributed by atoms with Crippen LogP contribution in [0.15, 0.2) is 29.2 Å². The second-order valence-corrected chi connectivity index (χ2v) is 5.59. The second kappa shape index (κ2) is 3.40. The molecular formula is C10H13OS. The Labute approximate surface area is 77.8 Å². The molecule has 0 saturated heterocycles. The molecule has 0 aliphatic heterocycles. The number of hydrogen-bond donors (Lipinski definition) is 0. The minimum absolute atomic E-state index is 0.0873. The fourth-order valence-electron chi connectivity index (χ4n) is 0.891. The largest absolute Gasteiger partial charge is 0.290 e. The zero-order valence-electron chi connectivity index (χ0n) is 7.63. The van der Waals surface area contributed by atoms with Gasteiger partial charge in [0.2, 0.25) is 0 Å². The van der Waals surface area contributed by atoms with E-state index in [1.165, 1.54) is 0 Å². The molecule has 0 N–H and O–H groups in total. The normalized spacial score (nSPS) is 11.6. The zero-order chi connectivity index (χ0) is 9.19. The summed E-state index contributed by atoms with van der Waals surface area (Å²) in [7, 11) is 0. The van der Waals surface area contributed by atoms with Crippen LogP contribution in [0.1, 0.15) is 20.8 Å². The molecule has 1 aromatic rings. The van der Waals surface area contributed by atoms with Gasteiger partial charge in [-0.1, -0.05) is 26.8 Å². The Kier molecular flexibility index (Phi) is 2.68. The van der Waals surface area contributed by atoms with E-state index in [2.05, 4.69) is 20.8 Å². The molecule has 0 aromatic heterocycles. The smallest absolute Gasteiger partial charge is 0.179 e. The highest BCUT2D eigenvalue weighted by Gasteiger charge is 2.11. The molecule has 65 valence electrons. The summed E-state index contributed by atoms with van der Waals surface area (Å²) in [6, 6.07) is 7.02. The quantitative estimate of drug-likeness (QED) is 0.604. The molecule has 0 bridgehead atoms. The highest BCUT2D eigenvalue weighted by atomic mass is 32.2. The summed E-state index contributed by atoms with van der Waals surface area (Å²) in [5.74, 6) is 0.0873. The molecule has 0 unspecified atom stereocenters. The van der Waals surface area contributed by atoms with Gasteiger partial charge in [-0.25, -0.2) is 0 Å². The molecule has 0 aliphatic carbocycles. The van der Waals surface area contributed by atoms with Crippen LogP contribution < -0.4 is 0 Å². The van der Waals surface area contributed by atoms with E-state index in [0.29, 0.717) is 0 Å². The van der Waals surface area contributed by atoms with E-state index >= 15 is 0 Å². The van der Waals surface area contributed by atoms with Crippen LogP contribution in [0.2, 0.25) is 0 Å². The maximum atomic E-state index is 11.0. The van der Waals surface area contributed by atoms with Gasteiger partial charge in [0.1, 0.15) is 0 Å². The van der Waals surface area contributed by atoms with Crippen molar-refractivity contribution in [3.05, 3.63) is 24.3 Å². The van der Waals surface area contributed by atoms with Crippen LogP contribution in [0.5, 0.6) is 5.75 Å². The van der Waals surface area contributed by atoms with Crippen LogP contribution in [0, 0.1) is 0 Å². The number of hydrogen-bond acceptors (Lipinski definition) is 1. The SMILES string of the molecule is CC(C)(C)Sc1cccc([O])c1. The van der Waals surface area contributed by atoms with Gasteiger partial charge in [-0.3, -0.25) is 5.11 Å². The van der Waals surface area contributed by atoms with E-state index in [-0.39, 0.29) is 10.5 Å². The van der Waals surface area contributed by atoms with Gasteiger partial charge in [0.05, 0.1) is 0 Å². The van der Waals surface area contributed by atoms with Gasteiger partial charge in [0, 0.05) is 9.64 Å². The van der Waals surface area contributed by atoms with E-state index in [0.717, 1.165) is 4.90 Å². The number of rotatable bonds is 1. The van der Waals surface area contributed by atoms with E-state index in [1.807, 2.05) is 6.07 Å². The number of thioether (sulfide) groups is 1. The van der Waals surface area contributed by atoms with Crippen molar-refractivity contribution in [2.75, 3.05) is 0 Å². The Balaban J connectivity index is 2.77. The summed E-state index contributed by atoms with van der Waals surface area (Å²) >= 11 is 1.71. The van der Waals surface area contributed by atoms with E-state index in [1.54, 1.807) is 30.0 Å². The molecule has 0 fully saturated rings. The molecule has 12 heavy (non-hydrogen) atoms. The van der Waals surface area contributed by atoms with Crippen molar-refractivity contribution in [2.24, 2.45) is 0 Å². The molecule has 0 amide bonds. The topological polar surface area (TPSA) is 19.9 Å². The molecule has 1 aromatic carbocycles. The molecule has 0 atom stereocenters. The fourth-order valence-corrected chi connectivity index (χ4v) is 1.92. The Morgan fingerprint density at radius 1 is 1.25 bits per heavy atom. The van der Waals surface area contributed by atoms with Crippen LogP contribution in [-0.4, -0.2) is 4.75 Å². The van der Waals surface area contributed by atoms with Crippen molar-refractivity contribution in [1.29, 1.82) is 0 Å². The lowest BCUT2D eigenvalue weighted by molar-refractivity contribution is 0.354. The highest BCUT2D eigenvalue weighted by molar-refractivity contribution is 8.00. The Hall–Kier alpha value is -0.630. The van der Waals surface area contributed by atoms with Crippen molar-refractivity contribution in [1.82, 2.24) is 0 Å². The summed E-state index contributed by atoms with van der Waals surface area (Å²) in [6.07, 6.45) is 0. The fraction of sp³-hybridized carbons (Fsp3) is 0.400. The molecule has 1 radical (unpaired) electrons. The summed E-state index contributed by atoms with van der Waals surface area (Å²) in [5.41, 5.74) is 0. The number of benzene rings is 1. The van der Waals surface area contributed by atoms with Crippen LogP contribution >= 0.6 is 11.8 Å². The van der Waals surface area contributed by atoms with Gasteiger partial charge < -0.3 is 0 Å². The molecule has 1 nitrogen and oxygen atoms in total. The molecule has 0 aliphatic rings. The molecule has 1 rings (SSSR count). The Morgan fingerprint density at radius 2 is 1.92 bits per heavy atom. The van der Waals surface area contributed by atoms with Crippen LogP contribution in [0.25, 0.3) is 0 Å². The average Bonchev–Trinajstić information content (AvgIpc) is 1.82. The molecular weight excluding hydrogens is 168 g/mol. The van der Waals surface area contributed by atoms with Gasteiger partial charge >= 0.3 is 0 Å². The zero-order valence-corrected chi connectivity index (χ0v) is 8.44. The summed E-state index contributed by atoms with van der Waals surface area (Å²) in [4.78, 5) is 1.05. The Morgan fingerprint density at radius 3 is 2.42 bits per heavy atom. The van der Waals surface area contributed by atoms with Gasteiger partial charge in [0.15, 0.2) is 5.75 Å². The van der Waals surface area contributed by atoms with Crippen molar-refractivity contribution in [2.45, 2.75) is 30.4 Å². The van der Waals surface area contributed by atoms with Crippen molar-refractivity contribution in [3.8, 4) is 5.75 Å². The predicted octanol–water partition coefficient (Wildman–Crippen LogP) is 3.72. The molecule has 0 heterocycles. The van der Waals surface area contributed by atoms with E-state index in [4.69, 9.17) is 0 Å². The summed E-state index contributed by atoms with van der Waals surface area (Å²) in [5, 5.41) is 11.0.